The number of fused-ring (bicyclic) bond motifs is 1. The van der Waals surface area contributed by atoms with Crippen molar-refractivity contribution in [3.8, 4) is 5.75 Å². The molecule has 0 spiro atoms. The lowest BCUT2D eigenvalue weighted by atomic mass is 10.1. The van der Waals surface area contributed by atoms with E-state index in [9.17, 15) is 0 Å². The van der Waals surface area contributed by atoms with E-state index in [0.29, 0.717) is 6.61 Å². The molecule has 0 N–H and O–H groups in total. The van der Waals surface area contributed by atoms with Gasteiger partial charge in [-0.15, -0.1) is 11.6 Å². The molecule has 0 bridgehead atoms. The number of halogens is 1. The summed E-state index contributed by atoms with van der Waals surface area (Å²) < 4.78 is 5.93. The predicted octanol–water partition coefficient (Wildman–Crippen LogP) is 5.59. The SMILES string of the molecule is Cl[C@H](CCOc1cccc2ccccc12)c1ccccc1. The minimum Gasteiger partial charge on any atom is -0.493 e. The summed E-state index contributed by atoms with van der Waals surface area (Å²) in [6.45, 7) is 0.608. The topological polar surface area (TPSA) is 9.23 Å². The summed E-state index contributed by atoms with van der Waals surface area (Å²) in [5.74, 6) is 0.921. The monoisotopic (exact) mass is 296 g/mol. The first-order valence-corrected chi connectivity index (χ1v) is 7.58. The van der Waals surface area contributed by atoms with Crippen LogP contribution in [-0.2, 0) is 0 Å². The van der Waals surface area contributed by atoms with E-state index in [4.69, 9.17) is 16.3 Å². The highest BCUT2D eigenvalue weighted by molar-refractivity contribution is 6.20. The molecule has 0 heterocycles. The molecule has 0 saturated carbocycles. The van der Waals surface area contributed by atoms with Crippen LogP contribution in [0.3, 0.4) is 0 Å². The molecule has 0 amide bonds. The quantitative estimate of drug-likeness (QED) is 0.558. The smallest absolute Gasteiger partial charge is 0.127 e. The van der Waals surface area contributed by atoms with Crippen LogP contribution in [0.4, 0.5) is 0 Å². The minimum absolute atomic E-state index is 0.0128. The van der Waals surface area contributed by atoms with Crippen LogP contribution in [0.15, 0.2) is 72.8 Å². The average Bonchev–Trinajstić information content (AvgIpc) is 2.56. The number of benzene rings is 3. The zero-order valence-corrected chi connectivity index (χ0v) is 12.5. The standard InChI is InChI=1S/C19H17ClO/c20-18(16-8-2-1-3-9-16)13-14-21-19-12-6-10-15-7-4-5-11-17(15)19/h1-12,18H,13-14H2/t18-/m1/s1. The Morgan fingerprint density at radius 1 is 0.810 bits per heavy atom. The van der Waals surface area contributed by atoms with Gasteiger partial charge in [-0.25, -0.2) is 0 Å². The molecule has 1 atom stereocenters. The first-order valence-electron chi connectivity index (χ1n) is 7.14. The van der Waals surface area contributed by atoms with Gasteiger partial charge in [-0.1, -0.05) is 66.7 Å². The van der Waals surface area contributed by atoms with Gasteiger partial charge in [-0.3, -0.25) is 0 Å². The first-order chi connectivity index (χ1) is 10.3. The molecule has 0 aliphatic rings. The lowest BCUT2D eigenvalue weighted by Gasteiger charge is -2.12. The van der Waals surface area contributed by atoms with Crippen molar-refractivity contribution in [2.45, 2.75) is 11.8 Å². The Hall–Kier alpha value is -1.99. The second-order valence-electron chi connectivity index (χ2n) is 4.99. The normalized spacial score (nSPS) is 12.2. The summed E-state index contributed by atoms with van der Waals surface area (Å²) in [5.41, 5.74) is 1.14. The van der Waals surface area contributed by atoms with Crippen molar-refractivity contribution in [2.24, 2.45) is 0 Å². The molecule has 106 valence electrons. The molecular formula is C19H17ClO. The van der Waals surface area contributed by atoms with Gasteiger partial charge < -0.3 is 4.74 Å². The largest absolute Gasteiger partial charge is 0.493 e. The number of ether oxygens (including phenoxy) is 1. The van der Waals surface area contributed by atoms with E-state index in [-0.39, 0.29) is 5.38 Å². The van der Waals surface area contributed by atoms with Gasteiger partial charge in [0.05, 0.1) is 12.0 Å². The number of rotatable bonds is 5. The van der Waals surface area contributed by atoms with Gasteiger partial charge in [-0.05, 0) is 17.0 Å². The number of alkyl halides is 1. The highest BCUT2D eigenvalue weighted by atomic mass is 35.5. The number of hydrogen-bond donors (Lipinski definition) is 0. The Bertz CT molecular complexity index is 704. The Morgan fingerprint density at radius 2 is 1.52 bits per heavy atom. The third kappa shape index (κ3) is 3.37. The molecular weight excluding hydrogens is 280 g/mol. The van der Waals surface area contributed by atoms with Crippen LogP contribution < -0.4 is 4.74 Å². The van der Waals surface area contributed by atoms with E-state index in [1.54, 1.807) is 0 Å². The Kier molecular flexibility index (Phi) is 4.42. The molecule has 0 aliphatic heterocycles. The van der Waals surface area contributed by atoms with Crippen LogP contribution in [-0.4, -0.2) is 6.61 Å². The van der Waals surface area contributed by atoms with E-state index >= 15 is 0 Å². The summed E-state index contributed by atoms with van der Waals surface area (Å²) in [4.78, 5) is 0. The molecule has 0 aliphatic carbocycles. The van der Waals surface area contributed by atoms with Crippen LogP contribution in [0.2, 0.25) is 0 Å². The van der Waals surface area contributed by atoms with Crippen molar-refractivity contribution in [1.82, 2.24) is 0 Å². The van der Waals surface area contributed by atoms with E-state index in [2.05, 4.69) is 30.3 Å². The van der Waals surface area contributed by atoms with Crippen molar-refractivity contribution >= 4 is 22.4 Å². The molecule has 2 heteroatoms. The van der Waals surface area contributed by atoms with Gasteiger partial charge >= 0.3 is 0 Å². The number of hydrogen-bond acceptors (Lipinski definition) is 1. The molecule has 0 saturated heterocycles. The summed E-state index contributed by atoms with van der Waals surface area (Å²) in [7, 11) is 0. The molecule has 0 aromatic heterocycles. The van der Waals surface area contributed by atoms with E-state index in [1.165, 1.54) is 5.39 Å². The third-order valence-corrected chi connectivity index (χ3v) is 4.01. The summed E-state index contributed by atoms with van der Waals surface area (Å²) in [6, 6.07) is 24.5. The molecule has 3 aromatic rings. The average molecular weight is 297 g/mol. The van der Waals surface area contributed by atoms with Crippen molar-refractivity contribution in [1.29, 1.82) is 0 Å². The molecule has 0 radical (unpaired) electrons. The Morgan fingerprint density at radius 3 is 2.38 bits per heavy atom. The van der Waals surface area contributed by atoms with Gasteiger partial charge in [0, 0.05) is 11.8 Å². The third-order valence-electron chi connectivity index (χ3n) is 3.54. The first kappa shape index (κ1) is 14.0. The van der Waals surface area contributed by atoms with Gasteiger partial charge in [0.1, 0.15) is 5.75 Å². The molecule has 1 nitrogen and oxygen atoms in total. The fraction of sp³-hybridized carbons (Fsp3) is 0.158. The zero-order chi connectivity index (χ0) is 14.5. The maximum Gasteiger partial charge on any atom is 0.127 e. The fourth-order valence-corrected chi connectivity index (χ4v) is 2.66. The zero-order valence-electron chi connectivity index (χ0n) is 11.7. The van der Waals surface area contributed by atoms with Gasteiger partial charge in [-0.2, -0.15) is 0 Å². The summed E-state index contributed by atoms with van der Waals surface area (Å²) in [5, 5.41) is 2.33. The highest BCUT2D eigenvalue weighted by Crippen LogP contribution is 2.27. The Balaban J connectivity index is 1.65. The lowest BCUT2D eigenvalue weighted by Crippen LogP contribution is -2.02. The second kappa shape index (κ2) is 6.64. The highest BCUT2D eigenvalue weighted by Gasteiger charge is 2.08. The van der Waals surface area contributed by atoms with E-state index in [1.807, 2.05) is 42.5 Å². The maximum absolute atomic E-state index is 6.41. The Labute approximate surface area is 130 Å². The van der Waals surface area contributed by atoms with Crippen LogP contribution in [0.5, 0.6) is 5.75 Å². The molecule has 0 fully saturated rings. The van der Waals surface area contributed by atoms with Crippen LogP contribution >= 0.6 is 11.6 Å². The van der Waals surface area contributed by atoms with Crippen LogP contribution in [0, 0.1) is 0 Å². The maximum atomic E-state index is 6.41. The molecule has 0 unspecified atom stereocenters. The summed E-state index contributed by atoms with van der Waals surface area (Å²) in [6.07, 6.45) is 0.786. The predicted molar refractivity (Wildman–Crippen MR) is 89.1 cm³/mol. The van der Waals surface area contributed by atoms with Gasteiger partial charge in [0.25, 0.3) is 0 Å². The van der Waals surface area contributed by atoms with Crippen molar-refractivity contribution in [2.75, 3.05) is 6.61 Å². The summed E-state index contributed by atoms with van der Waals surface area (Å²) >= 11 is 6.41. The van der Waals surface area contributed by atoms with Crippen molar-refractivity contribution in [3.05, 3.63) is 78.4 Å². The van der Waals surface area contributed by atoms with Crippen LogP contribution in [0.25, 0.3) is 10.8 Å². The molecule has 21 heavy (non-hydrogen) atoms. The minimum atomic E-state index is -0.0128. The molecule has 3 rings (SSSR count). The van der Waals surface area contributed by atoms with E-state index < -0.39 is 0 Å². The van der Waals surface area contributed by atoms with Crippen LogP contribution in [0.1, 0.15) is 17.4 Å². The van der Waals surface area contributed by atoms with E-state index in [0.717, 1.165) is 23.1 Å². The fourth-order valence-electron chi connectivity index (χ4n) is 2.42. The second-order valence-corrected chi connectivity index (χ2v) is 5.52. The van der Waals surface area contributed by atoms with Gasteiger partial charge in [0.2, 0.25) is 0 Å². The molecule has 3 aromatic carbocycles. The lowest BCUT2D eigenvalue weighted by molar-refractivity contribution is 0.312. The van der Waals surface area contributed by atoms with Crippen molar-refractivity contribution < 1.29 is 4.74 Å². The van der Waals surface area contributed by atoms with Crippen molar-refractivity contribution in [3.63, 3.8) is 0 Å². The van der Waals surface area contributed by atoms with Gasteiger partial charge in [0.15, 0.2) is 0 Å².